The summed E-state index contributed by atoms with van der Waals surface area (Å²) in [7, 11) is 1.81. The molecule has 2 aliphatic rings. The first-order chi connectivity index (χ1) is 12.8. The van der Waals surface area contributed by atoms with Crippen molar-refractivity contribution in [3.63, 3.8) is 0 Å². The first kappa shape index (κ1) is 22.2. The van der Waals surface area contributed by atoms with Gasteiger partial charge in [-0.15, -0.1) is 24.0 Å². The Hall–Kier alpha value is -1.09. The standard InChI is InChI=1S/C20H33N5O.HI/c1-21-20(23-9-5-13-26-16-17-6-7-17)24-15-18-8-10-22-19(14-18)25-11-3-2-4-12-25;/h8,10,14,17H,2-7,9,11-13,15-16H2,1H3,(H2,21,23,24);1H. The fourth-order valence-corrected chi connectivity index (χ4v) is 3.19. The Kier molecular flexibility index (Phi) is 10.2. The summed E-state index contributed by atoms with van der Waals surface area (Å²) in [6.07, 6.45) is 9.49. The second-order valence-corrected chi connectivity index (χ2v) is 7.29. The molecule has 1 aliphatic carbocycles. The van der Waals surface area contributed by atoms with Gasteiger partial charge in [-0.1, -0.05) is 0 Å². The van der Waals surface area contributed by atoms with Gasteiger partial charge in [0.05, 0.1) is 0 Å². The number of aliphatic imine (C=N–C) groups is 1. The lowest BCUT2D eigenvalue weighted by Gasteiger charge is -2.28. The molecule has 0 atom stereocenters. The zero-order chi connectivity index (χ0) is 18.0. The van der Waals surface area contributed by atoms with E-state index in [-0.39, 0.29) is 24.0 Å². The molecule has 1 aromatic rings. The van der Waals surface area contributed by atoms with Crippen LogP contribution in [-0.2, 0) is 11.3 Å². The van der Waals surface area contributed by atoms with Crippen LogP contribution < -0.4 is 15.5 Å². The number of halogens is 1. The van der Waals surface area contributed by atoms with E-state index in [0.717, 1.165) is 63.5 Å². The molecule has 1 saturated carbocycles. The summed E-state index contributed by atoms with van der Waals surface area (Å²) in [5.41, 5.74) is 1.23. The highest BCUT2D eigenvalue weighted by Gasteiger charge is 2.20. The van der Waals surface area contributed by atoms with Gasteiger partial charge in [0, 0.05) is 52.6 Å². The highest BCUT2D eigenvalue weighted by atomic mass is 127. The van der Waals surface area contributed by atoms with Crippen molar-refractivity contribution < 1.29 is 4.74 Å². The van der Waals surface area contributed by atoms with E-state index in [9.17, 15) is 0 Å². The summed E-state index contributed by atoms with van der Waals surface area (Å²) in [6.45, 7) is 5.63. The van der Waals surface area contributed by atoms with E-state index < -0.39 is 0 Å². The van der Waals surface area contributed by atoms with Crippen LogP contribution in [0.5, 0.6) is 0 Å². The number of hydrogen-bond acceptors (Lipinski definition) is 4. The topological polar surface area (TPSA) is 61.8 Å². The van der Waals surface area contributed by atoms with E-state index in [4.69, 9.17) is 4.74 Å². The highest BCUT2D eigenvalue weighted by Crippen LogP contribution is 2.28. The molecule has 7 heteroatoms. The molecule has 2 fully saturated rings. The number of pyridine rings is 1. The maximum absolute atomic E-state index is 5.66. The predicted molar refractivity (Wildman–Crippen MR) is 122 cm³/mol. The number of rotatable bonds is 9. The monoisotopic (exact) mass is 487 g/mol. The normalized spacial score (nSPS) is 17.4. The van der Waals surface area contributed by atoms with Crippen LogP contribution in [0, 0.1) is 5.92 Å². The molecule has 0 bridgehead atoms. The van der Waals surface area contributed by atoms with Gasteiger partial charge in [-0.3, -0.25) is 4.99 Å². The second kappa shape index (κ2) is 12.4. The van der Waals surface area contributed by atoms with Gasteiger partial charge in [-0.25, -0.2) is 4.98 Å². The van der Waals surface area contributed by atoms with E-state index in [1.807, 2.05) is 13.2 Å². The van der Waals surface area contributed by atoms with Crippen molar-refractivity contribution in [3.8, 4) is 0 Å². The largest absolute Gasteiger partial charge is 0.381 e. The van der Waals surface area contributed by atoms with Gasteiger partial charge in [0.1, 0.15) is 5.82 Å². The van der Waals surface area contributed by atoms with Crippen molar-refractivity contribution in [1.82, 2.24) is 15.6 Å². The Balaban J connectivity index is 0.00000261. The number of anilines is 1. The van der Waals surface area contributed by atoms with Gasteiger partial charge < -0.3 is 20.3 Å². The number of aromatic nitrogens is 1. The van der Waals surface area contributed by atoms with Crippen molar-refractivity contribution >= 4 is 35.8 Å². The van der Waals surface area contributed by atoms with Gasteiger partial charge in [-0.05, 0) is 62.1 Å². The third kappa shape index (κ3) is 8.21. The zero-order valence-electron chi connectivity index (χ0n) is 16.5. The summed E-state index contributed by atoms with van der Waals surface area (Å²) >= 11 is 0. The van der Waals surface area contributed by atoms with Crippen LogP contribution in [-0.4, -0.2) is 50.8 Å². The fourth-order valence-electron chi connectivity index (χ4n) is 3.19. The van der Waals surface area contributed by atoms with Crippen LogP contribution in [0.1, 0.15) is 44.1 Å². The lowest BCUT2D eigenvalue weighted by molar-refractivity contribution is 0.123. The van der Waals surface area contributed by atoms with Crippen molar-refractivity contribution in [3.05, 3.63) is 23.9 Å². The number of guanidine groups is 1. The highest BCUT2D eigenvalue weighted by molar-refractivity contribution is 14.0. The maximum atomic E-state index is 5.66. The van der Waals surface area contributed by atoms with E-state index >= 15 is 0 Å². The quantitative estimate of drug-likeness (QED) is 0.243. The van der Waals surface area contributed by atoms with Crippen LogP contribution in [0.2, 0.25) is 0 Å². The third-order valence-corrected chi connectivity index (χ3v) is 4.98. The molecule has 0 aromatic carbocycles. The number of hydrogen-bond donors (Lipinski definition) is 2. The number of nitrogens with zero attached hydrogens (tertiary/aromatic N) is 3. The molecule has 1 aromatic heterocycles. The summed E-state index contributed by atoms with van der Waals surface area (Å²) in [6, 6.07) is 4.26. The average Bonchev–Trinajstić information content (AvgIpc) is 3.52. The van der Waals surface area contributed by atoms with Crippen LogP contribution in [0.25, 0.3) is 0 Å². The van der Waals surface area contributed by atoms with Gasteiger partial charge in [0.15, 0.2) is 5.96 Å². The minimum atomic E-state index is 0. The number of piperidine rings is 1. The SMILES string of the molecule is CN=C(NCCCOCC1CC1)NCc1ccnc(N2CCCCC2)c1.I. The molecule has 3 rings (SSSR count). The number of ether oxygens (including phenoxy) is 1. The van der Waals surface area contributed by atoms with Gasteiger partial charge in [0.25, 0.3) is 0 Å². The smallest absolute Gasteiger partial charge is 0.191 e. The summed E-state index contributed by atoms with van der Waals surface area (Å²) in [5.74, 6) is 2.77. The second-order valence-electron chi connectivity index (χ2n) is 7.29. The molecule has 0 amide bonds. The lowest BCUT2D eigenvalue weighted by Crippen LogP contribution is -2.37. The molecule has 27 heavy (non-hydrogen) atoms. The molecule has 1 aliphatic heterocycles. The fraction of sp³-hybridized carbons (Fsp3) is 0.700. The Labute approximate surface area is 180 Å². The molecular weight excluding hydrogens is 453 g/mol. The van der Waals surface area contributed by atoms with E-state index in [2.05, 4.69) is 37.6 Å². The molecule has 0 radical (unpaired) electrons. The maximum Gasteiger partial charge on any atom is 0.191 e. The molecule has 6 nitrogen and oxygen atoms in total. The Morgan fingerprint density at radius 1 is 1.26 bits per heavy atom. The molecule has 152 valence electrons. The van der Waals surface area contributed by atoms with Gasteiger partial charge in [-0.2, -0.15) is 0 Å². The molecule has 2 N–H and O–H groups in total. The minimum Gasteiger partial charge on any atom is -0.381 e. The molecule has 0 unspecified atom stereocenters. The number of nitrogens with one attached hydrogen (secondary N) is 2. The van der Waals surface area contributed by atoms with Crippen molar-refractivity contribution in [1.29, 1.82) is 0 Å². The predicted octanol–water partition coefficient (Wildman–Crippen LogP) is 3.17. The van der Waals surface area contributed by atoms with Crippen molar-refractivity contribution in [2.45, 2.75) is 45.1 Å². The minimum absolute atomic E-state index is 0. The first-order valence-electron chi connectivity index (χ1n) is 10.1. The Morgan fingerprint density at radius 3 is 2.81 bits per heavy atom. The first-order valence-corrected chi connectivity index (χ1v) is 10.1. The summed E-state index contributed by atoms with van der Waals surface area (Å²) < 4.78 is 5.66. The van der Waals surface area contributed by atoms with Crippen LogP contribution in [0.4, 0.5) is 5.82 Å². The van der Waals surface area contributed by atoms with Gasteiger partial charge in [0.2, 0.25) is 0 Å². The lowest BCUT2D eigenvalue weighted by atomic mass is 10.1. The van der Waals surface area contributed by atoms with E-state index in [1.54, 1.807) is 0 Å². The zero-order valence-corrected chi connectivity index (χ0v) is 18.8. The molecular formula is C20H34IN5O. The molecule has 0 spiro atoms. The van der Waals surface area contributed by atoms with Crippen molar-refractivity contribution in [2.75, 3.05) is 44.8 Å². The summed E-state index contributed by atoms with van der Waals surface area (Å²) in [4.78, 5) is 11.2. The molecule has 2 heterocycles. The van der Waals surface area contributed by atoms with Gasteiger partial charge >= 0.3 is 0 Å². The van der Waals surface area contributed by atoms with E-state index in [1.165, 1.54) is 37.7 Å². The Bertz CT molecular complexity index is 573. The average molecular weight is 487 g/mol. The van der Waals surface area contributed by atoms with Crippen LogP contribution in [0.15, 0.2) is 23.3 Å². The Morgan fingerprint density at radius 2 is 2.07 bits per heavy atom. The molecule has 1 saturated heterocycles. The van der Waals surface area contributed by atoms with Crippen molar-refractivity contribution in [2.24, 2.45) is 10.9 Å². The third-order valence-electron chi connectivity index (χ3n) is 4.98. The van der Waals surface area contributed by atoms with Crippen LogP contribution >= 0.6 is 24.0 Å². The van der Waals surface area contributed by atoms with E-state index in [0.29, 0.717) is 0 Å². The summed E-state index contributed by atoms with van der Waals surface area (Å²) in [5, 5.41) is 6.74. The van der Waals surface area contributed by atoms with Crippen LogP contribution in [0.3, 0.4) is 0 Å².